The average Bonchev–Trinajstić information content (AvgIpc) is 2.87. The zero-order chi connectivity index (χ0) is 19.8. The molecule has 1 unspecified atom stereocenters. The van der Waals surface area contributed by atoms with Crippen LogP contribution in [0.15, 0.2) is 42.5 Å². The highest BCUT2D eigenvalue weighted by Gasteiger charge is 2.50. The van der Waals surface area contributed by atoms with Gasteiger partial charge in [0, 0.05) is 11.1 Å². The molecule has 6 nitrogen and oxygen atoms in total. The number of nitrogens with zero attached hydrogens (tertiary/aromatic N) is 1. The van der Waals surface area contributed by atoms with E-state index in [1.165, 1.54) is 26.2 Å². The number of halogens is 2. The summed E-state index contributed by atoms with van der Waals surface area (Å²) < 4.78 is 32.6. The van der Waals surface area contributed by atoms with Crippen LogP contribution in [-0.2, 0) is 10.3 Å². The fourth-order valence-electron chi connectivity index (χ4n) is 2.92. The molecule has 3 amide bonds. The number of carbonyl (C=O) groups is 3. The van der Waals surface area contributed by atoms with Gasteiger partial charge in [-0.1, -0.05) is 0 Å². The van der Waals surface area contributed by atoms with Gasteiger partial charge in [-0.3, -0.25) is 14.5 Å². The SMILES string of the molecule is COc1ccc(C(=O)CN2C(=O)NC(C)(c3cc(F)ccc3F)C2=O)cc1. The van der Waals surface area contributed by atoms with Crippen LogP contribution in [0.4, 0.5) is 13.6 Å². The van der Waals surface area contributed by atoms with Crippen LogP contribution < -0.4 is 10.1 Å². The number of benzene rings is 2. The van der Waals surface area contributed by atoms with E-state index < -0.39 is 41.4 Å². The van der Waals surface area contributed by atoms with E-state index in [9.17, 15) is 23.2 Å². The summed E-state index contributed by atoms with van der Waals surface area (Å²) in [6.07, 6.45) is 0. The van der Waals surface area contributed by atoms with Crippen LogP contribution in [0.25, 0.3) is 0 Å². The summed E-state index contributed by atoms with van der Waals surface area (Å²) in [6.45, 7) is 0.743. The van der Waals surface area contributed by atoms with Crippen molar-refractivity contribution in [3.8, 4) is 5.75 Å². The second-order valence-electron chi connectivity index (χ2n) is 6.22. The van der Waals surface area contributed by atoms with Crippen molar-refractivity contribution in [2.75, 3.05) is 13.7 Å². The van der Waals surface area contributed by atoms with Gasteiger partial charge in [0.1, 0.15) is 22.9 Å². The molecule has 27 heavy (non-hydrogen) atoms. The van der Waals surface area contributed by atoms with Crippen molar-refractivity contribution in [1.29, 1.82) is 0 Å². The molecule has 1 aliphatic rings. The summed E-state index contributed by atoms with van der Waals surface area (Å²) >= 11 is 0. The third kappa shape index (κ3) is 3.25. The monoisotopic (exact) mass is 374 g/mol. The molecule has 1 atom stereocenters. The quantitative estimate of drug-likeness (QED) is 0.645. The molecule has 3 rings (SSSR count). The van der Waals surface area contributed by atoms with Crippen LogP contribution in [0, 0.1) is 11.6 Å². The smallest absolute Gasteiger partial charge is 0.325 e. The number of hydrogen-bond donors (Lipinski definition) is 1. The zero-order valence-corrected chi connectivity index (χ0v) is 14.6. The molecule has 0 aromatic heterocycles. The van der Waals surface area contributed by atoms with Crippen molar-refractivity contribution in [2.45, 2.75) is 12.5 Å². The predicted octanol–water partition coefficient (Wildman–Crippen LogP) is 2.62. The Morgan fingerprint density at radius 1 is 1.15 bits per heavy atom. The lowest BCUT2D eigenvalue weighted by molar-refractivity contribution is -0.130. The van der Waals surface area contributed by atoms with Crippen LogP contribution in [0.1, 0.15) is 22.8 Å². The Labute approximate surface area is 153 Å². The molecule has 0 bridgehead atoms. The molecule has 0 saturated carbocycles. The van der Waals surface area contributed by atoms with Gasteiger partial charge in [-0.05, 0) is 49.4 Å². The normalized spacial score (nSPS) is 19.2. The first-order chi connectivity index (χ1) is 12.8. The van der Waals surface area contributed by atoms with Crippen LogP contribution in [-0.4, -0.2) is 36.3 Å². The highest BCUT2D eigenvalue weighted by molar-refractivity contribution is 6.11. The maximum Gasteiger partial charge on any atom is 0.325 e. The van der Waals surface area contributed by atoms with E-state index >= 15 is 0 Å². The average molecular weight is 374 g/mol. The molecule has 1 heterocycles. The Bertz CT molecular complexity index is 930. The van der Waals surface area contributed by atoms with Crippen molar-refractivity contribution < 1.29 is 27.9 Å². The first-order valence-electron chi connectivity index (χ1n) is 8.03. The maximum absolute atomic E-state index is 14.1. The minimum Gasteiger partial charge on any atom is -0.497 e. The number of amides is 3. The third-order valence-electron chi connectivity index (χ3n) is 4.46. The van der Waals surface area contributed by atoms with Crippen molar-refractivity contribution >= 4 is 17.7 Å². The Balaban J connectivity index is 1.85. The predicted molar refractivity (Wildman–Crippen MR) is 91.3 cm³/mol. The van der Waals surface area contributed by atoms with E-state index in [2.05, 4.69) is 5.32 Å². The van der Waals surface area contributed by atoms with E-state index in [1.54, 1.807) is 12.1 Å². The molecule has 1 saturated heterocycles. The van der Waals surface area contributed by atoms with Crippen molar-refractivity contribution in [3.63, 3.8) is 0 Å². The van der Waals surface area contributed by atoms with Gasteiger partial charge in [0.15, 0.2) is 5.78 Å². The molecular weight excluding hydrogens is 358 g/mol. The zero-order valence-electron chi connectivity index (χ0n) is 14.6. The summed E-state index contributed by atoms with van der Waals surface area (Å²) in [5.74, 6) is -2.35. The first-order valence-corrected chi connectivity index (χ1v) is 8.03. The number of methoxy groups -OCH3 is 1. The molecule has 1 fully saturated rings. The van der Waals surface area contributed by atoms with Gasteiger partial charge in [0.2, 0.25) is 0 Å². The molecule has 0 radical (unpaired) electrons. The Morgan fingerprint density at radius 3 is 2.44 bits per heavy atom. The van der Waals surface area contributed by atoms with Crippen LogP contribution in [0.3, 0.4) is 0 Å². The molecular formula is C19H16F2N2O4. The van der Waals surface area contributed by atoms with Crippen LogP contribution in [0.5, 0.6) is 5.75 Å². The molecule has 2 aromatic rings. The summed E-state index contributed by atoms with van der Waals surface area (Å²) in [7, 11) is 1.48. The van der Waals surface area contributed by atoms with Gasteiger partial charge in [-0.2, -0.15) is 0 Å². The lowest BCUT2D eigenvalue weighted by atomic mass is 9.91. The highest BCUT2D eigenvalue weighted by Crippen LogP contribution is 2.31. The number of Topliss-reactive ketones (excluding diaryl/α,β-unsaturated/α-hetero) is 1. The Morgan fingerprint density at radius 2 is 1.81 bits per heavy atom. The fourth-order valence-corrected chi connectivity index (χ4v) is 2.92. The van der Waals surface area contributed by atoms with Crippen molar-refractivity contribution in [3.05, 3.63) is 65.2 Å². The number of urea groups is 1. The lowest BCUT2D eigenvalue weighted by Crippen LogP contribution is -2.42. The number of carbonyl (C=O) groups excluding carboxylic acids is 3. The second kappa shape index (κ2) is 6.79. The number of rotatable bonds is 5. The fraction of sp³-hybridized carbons (Fsp3) is 0.211. The largest absolute Gasteiger partial charge is 0.497 e. The second-order valence-corrected chi connectivity index (χ2v) is 6.22. The van der Waals surface area contributed by atoms with Crippen LogP contribution in [0.2, 0.25) is 0 Å². The van der Waals surface area contributed by atoms with E-state index in [-0.39, 0.29) is 11.1 Å². The molecule has 2 aromatic carbocycles. The highest BCUT2D eigenvalue weighted by atomic mass is 19.1. The van der Waals surface area contributed by atoms with E-state index in [1.807, 2.05) is 0 Å². The van der Waals surface area contributed by atoms with Crippen molar-refractivity contribution in [2.24, 2.45) is 0 Å². The van der Waals surface area contributed by atoms with Gasteiger partial charge in [-0.25, -0.2) is 13.6 Å². The summed E-state index contributed by atoms with van der Waals surface area (Å²) in [5, 5.41) is 2.35. The van der Waals surface area contributed by atoms with E-state index in [0.29, 0.717) is 10.6 Å². The number of ketones is 1. The van der Waals surface area contributed by atoms with Gasteiger partial charge in [0.25, 0.3) is 5.91 Å². The summed E-state index contributed by atoms with van der Waals surface area (Å²) in [6, 6.07) is 7.94. The van der Waals surface area contributed by atoms with Crippen molar-refractivity contribution in [1.82, 2.24) is 10.2 Å². The standard InChI is InChI=1S/C19H16F2N2O4/c1-19(14-9-12(20)5-8-15(14)21)17(25)23(18(26)22-19)10-16(24)11-3-6-13(27-2)7-4-11/h3-9H,10H2,1-2H3,(H,22,26). The van der Waals surface area contributed by atoms with Gasteiger partial charge >= 0.3 is 6.03 Å². The summed E-state index contributed by atoms with van der Waals surface area (Å²) in [4.78, 5) is 38.1. The molecule has 1 N–H and O–H groups in total. The minimum absolute atomic E-state index is 0.280. The molecule has 1 aliphatic heterocycles. The van der Waals surface area contributed by atoms with Gasteiger partial charge in [0.05, 0.1) is 13.7 Å². The Kier molecular flexibility index (Phi) is 4.65. The third-order valence-corrected chi connectivity index (χ3v) is 4.46. The van der Waals surface area contributed by atoms with E-state index in [0.717, 1.165) is 18.2 Å². The topological polar surface area (TPSA) is 75.7 Å². The first kappa shape index (κ1) is 18.5. The number of imide groups is 1. The van der Waals surface area contributed by atoms with E-state index in [4.69, 9.17) is 4.74 Å². The molecule has 0 spiro atoms. The number of nitrogens with one attached hydrogen (secondary N) is 1. The van der Waals surface area contributed by atoms with Crippen LogP contribution >= 0.6 is 0 Å². The maximum atomic E-state index is 14.1. The molecule has 8 heteroatoms. The van der Waals surface area contributed by atoms with Gasteiger partial charge in [-0.15, -0.1) is 0 Å². The Hall–Kier alpha value is -3.29. The molecule has 140 valence electrons. The number of hydrogen-bond acceptors (Lipinski definition) is 4. The lowest BCUT2D eigenvalue weighted by Gasteiger charge is -2.22. The number of ether oxygens (including phenoxy) is 1. The minimum atomic E-state index is -1.80. The molecule has 0 aliphatic carbocycles. The van der Waals surface area contributed by atoms with Gasteiger partial charge < -0.3 is 10.1 Å². The summed E-state index contributed by atoms with van der Waals surface area (Å²) in [5.41, 5.74) is -1.83.